The normalized spacial score (nSPS) is 12.4. The topological polar surface area (TPSA) is 21.3 Å². The number of ether oxygens (including phenoxy) is 1. The van der Waals surface area contributed by atoms with Crippen LogP contribution in [0.2, 0.25) is 0 Å². The minimum Gasteiger partial charge on any atom is -0.496 e. The molecule has 1 heterocycles. The zero-order chi connectivity index (χ0) is 13.7. The van der Waals surface area contributed by atoms with Gasteiger partial charge in [0.25, 0.3) is 0 Å². The van der Waals surface area contributed by atoms with Crippen molar-refractivity contribution < 1.29 is 4.74 Å². The third kappa shape index (κ3) is 3.58. The Hall–Kier alpha value is -1.32. The molecule has 1 aromatic heterocycles. The molecule has 0 spiro atoms. The summed E-state index contributed by atoms with van der Waals surface area (Å²) in [5.41, 5.74) is 2.52. The molecule has 0 aliphatic rings. The lowest BCUT2D eigenvalue weighted by molar-refractivity contribution is 0.411. The molecule has 0 bridgehead atoms. The molecule has 2 aromatic rings. The Morgan fingerprint density at radius 2 is 2.16 bits per heavy atom. The Kier molecular flexibility index (Phi) is 5.00. The summed E-state index contributed by atoms with van der Waals surface area (Å²) in [4.78, 5) is 1.45. The fourth-order valence-corrected chi connectivity index (χ4v) is 3.06. The monoisotopic (exact) mass is 275 g/mol. The van der Waals surface area contributed by atoms with Crippen molar-refractivity contribution in [2.24, 2.45) is 0 Å². The fourth-order valence-electron chi connectivity index (χ4n) is 2.34. The zero-order valence-electron chi connectivity index (χ0n) is 11.8. The van der Waals surface area contributed by atoms with E-state index in [1.165, 1.54) is 16.0 Å². The van der Waals surface area contributed by atoms with Crippen LogP contribution >= 0.6 is 11.3 Å². The van der Waals surface area contributed by atoms with Crippen LogP contribution in [0.25, 0.3) is 0 Å². The average molecular weight is 275 g/mol. The summed E-state index contributed by atoms with van der Waals surface area (Å²) in [6.07, 6.45) is 2.23. The van der Waals surface area contributed by atoms with Gasteiger partial charge in [0.2, 0.25) is 0 Å². The largest absolute Gasteiger partial charge is 0.496 e. The van der Waals surface area contributed by atoms with Gasteiger partial charge in [-0.25, -0.2) is 0 Å². The summed E-state index contributed by atoms with van der Waals surface area (Å²) in [6, 6.07) is 11.1. The highest BCUT2D eigenvalue weighted by Gasteiger charge is 2.11. The first-order valence-electron chi connectivity index (χ1n) is 6.58. The Bertz CT molecular complexity index is 507. The second kappa shape index (κ2) is 6.73. The second-order valence-corrected chi connectivity index (χ2v) is 5.72. The van der Waals surface area contributed by atoms with Gasteiger partial charge in [0.1, 0.15) is 5.75 Å². The quantitative estimate of drug-likeness (QED) is 0.861. The highest BCUT2D eigenvalue weighted by molar-refractivity contribution is 7.09. The minimum atomic E-state index is 0.395. The van der Waals surface area contributed by atoms with Gasteiger partial charge in [0.05, 0.1) is 7.11 Å². The number of nitrogens with one attached hydrogen (secondary N) is 1. The van der Waals surface area contributed by atoms with Crippen LogP contribution < -0.4 is 10.1 Å². The smallest absolute Gasteiger partial charge is 0.121 e. The van der Waals surface area contributed by atoms with E-state index in [4.69, 9.17) is 4.74 Å². The number of rotatable bonds is 6. The molecular weight excluding hydrogens is 254 g/mol. The van der Waals surface area contributed by atoms with Gasteiger partial charge >= 0.3 is 0 Å². The van der Waals surface area contributed by atoms with E-state index in [9.17, 15) is 0 Å². The molecule has 1 unspecified atom stereocenters. The van der Waals surface area contributed by atoms with Crippen molar-refractivity contribution in [2.45, 2.75) is 25.8 Å². The average Bonchev–Trinajstić information content (AvgIpc) is 2.93. The fraction of sp³-hybridized carbons (Fsp3) is 0.375. The van der Waals surface area contributed by atoms with E-state index in [1.54, 1.807) is 7.11 Å². The third-order valence-corrected chi connectivity index (χ3v) is 4.37. The molecular formula is C16H21NOS. The molecule has 0 amide bonds. The van der Waals surface area contributed by atoms with E-state index in [0.717, 1.165) is 18.6 Å². The van der Waals surface area contributed by atoms with Gasteiger partial charge in [0, 0.05) is 10.9 Å². The van der Waals surface area contributed by atoms with Crippen LogP contribution in [0.1, 0.15) is 28.5 Å². The van der Waals surface area contributed by atoms with E-state index >= 15 is 0 Å². The van der Waals surface area contributed by atoms with E-state index in [2.05, 4.69) is 48.0 Å². The number of aryl methyl sites for hydroxylation is 2. The van der Waals surface area contributed by atoms with Crippen LogP contribution in [0, 0.1) is 6.92 Å². The summed E-state index contributed by atoms with van der Waals surface area (Å²) < 4.78 is 5.31. The summed E-state index contributed by atoms with van der Waals surface area (Å²) >= 11 is 1.83. The van der Waals surface area contributed by atoms with Crippen molar-refractivity contribution in [3.05, 3.63) is 51.7 Å². The SMILES string of the molecule is CNC(CCc1cccs1)c1ccc(OC)c(C)c1. The molecule has 2 nitrogen and oxygen atoms in total. The Balaban J connectivity index is 2.06. The Morgan fingerprint density at radius 1 is 1.32 bits per heavy atom. The van der Waals surface area contributed by atoms with Crippen molar-refractivity contribution in [2.75, 3.05) is 14.2 Å². The number of thiophene rings is 1. The van der Waals surface area contributed by atoms with Crippen LogP contribution in [0.3, 0.4) is 0 Å². The van der Waals surface area contributed by atoms with Crippen molar-refractivity contribution >= 4 is 11.3 Å². The van der Waals surface area contributed by atoms with Crippen LogP contribution in [0.5, 0.6) is 5.75 Å². The van der Waals surface area contributed by atoms with Gasteiger partial charge in [-0.15, -0.1) is 11.3 Å². The highest BCUT2D eigenvalue weighted by atomic mass is 32.1. The first-order valence-corrected chi connectivity index (χ1v) is 7.46. The van der Waals surface area contributed by atoms with Gasteiger partial charge in [-0.1, -0.05) is 18.2 Å². The van der Waals surface area contributed by atoms with Crippen LogP contribution in [-0.2, 0) is 6.42 Å². The minimum absolute atomic E-state index is 0.395. The summed E-state index contributed by atoms with van der Waals surface area (Å²) in [7, 11) is 3.74. The maximum Gasteiger partial charge on any atom is 0.121 e. The number of methoxy groups -OCH3 is 1. The molecule has 0 fully saturated rings. The summed E-state index contributed by atoms with van der Waals surface area (Å²) in [5.74, 6) is 0.955. The molecule has 0 aliphatic heterocycles. The maximum absolute atomic E-state index is 5.31. The lowest BCUT2D eigenvalue weighted by atomic mass is 9.99. The molecule has 1 aromatic carbocycles. The van der Waals surface area contributed by atoms with Crippen LogP contribution in [0.15, 0.2) is 35.7 Å². The van der Waals surface area contributed by atoms with Crippen molar-refractivity contribution in [1.82, 2.24) is 5.32 Å². The van der Waals surface area contributed by atoms with Crippen molar-refractivity contribution in [3.63, 3.8) is 0 Å². The van der Waals surface area contributed by atoms with Gasteiger partial charge in [-0.3, -0.25) is 0 Å². The van der Waals surface area contributed by atoms with Gasteiger partial charge in [-0.05, 0) is 55.5 Å². The van der Waals surface area contributed by atoms with E-state index in [1.807, 2.05) is 18.4 Å². The van der Waals surface area contributed by atoms with Crippen LogP contribution in [0.4, 0.5) is 0 Å². The molecule has 0 radical (unpaired) electrons. The number of hydrogen-bond acceptors (Lipinski definition) is 3. The Morgan fingerprint density at radius 3 is 2.74 bits per heavy atom. The first kappa shape index (κ1) is 14.1. The number of hydrogen-bond donors (Lipinski definition) is 1. The molecule has 2 rings (SSSR count). The van der Waals surface area contributed by atoms with Gasteiger partial charge in [0.15, 0.2) is 0 Å². The molecule has 1 N–H and O–H groups in total. The number of benzene rings is 1. The van der Waals surface area contributed by atoms with E-state index < -0.39 is 0 Å². The van der Waals surface area contributed by atoms with Crippen LogP contribution in [-0.4, -0.2) is 14.2 Å². The van der Waals surface area contributed by atoms with E-state index in [0.29, 0.717) is 6.04 Å². The molecule has 0 saturated heterocycles. The third-order valence-electron chi connectivity index (χ3n) is 3.43. The molecule has 1 atom stereocenters. The predicted octanol–water partition coefficient (Wildman–Crippen LogP) is 3.96. The first-order chi connectivity index (χ1) is 9.24. The standard InChI is InChI=1S/C16H21NOS/c1-12-11-13(6-9-16(12)18-3)15(17-2)8-7-14-5-4-10-19-14/h4-6,9-11,15,17H,7-8H2,1-3H3. The van der Waals surface area contributed by atoms with Gasteiger partial charge in [-0.2, -0.15) is 0 Å². The lowest BCUT2D eigenvalue weighted by Crippen LogP contribution is -2.17. The Labute approximate surface area is 119 Å². The molecule has 3 heteroatoms. The zero-order valence-corrected chi connectivity index (χ0v) is 12.6. The molecule has 102 valence electrons. The molecule has 0 aliphatic carbocycles. The lowest BCUT2D eigenvalue weighted by Gasteiger charge is -2.17. The predicted molar refractivity (Wildman–Crippen MR) is 82.2 cm³/mol. The van der Waals surface area contributed by atoms with Gasteiger partial charge < -0.3 is 10.1 Å². The molecule has 19 heavy (non-hydrogen) atoms. The maximum atomic E-state index is 5.31. The van der Waals surface area contributed by atoms with Crippen molar-refractivity contribution in [3.8, 4) is 5.75 Å². The summed E-state index contributed by atoms with van der Waals surface area (Å²) in [5, 5.41) is 5.55. The molecule has 0 saturated carbocycles. The summed E-state index contributed by atoms with van der Waals surface area (Å²) in [6.45, 7) is 2.09. The second-order valence-electron chi connectivity index (χ2n) is 4.69. The van der Waals surface area contributed by atoms with E-state index in [-0.39, 0.29) is 0 Å². The highest BCUT2D eigenvalue weighted by Crippen LogP contribution is 2.25. The van der Waals surface area contributed by atoms with Crippen molar-refractivity contribution in [1.29, 1.82) is 0 Å².